The quantitative estimate of drug-likeness (QED) is 0.0809. The topological polar surface area (TPSA) is 87.8 Å². The second-order valence-electron chi connectivity index (χ2n) is 11.1. The minimum Gasteiger partial charge on any atom is -0.503 e. The molecule has 266 valence electrons. The van der Waals surface area contributed by atoms with Crippen LogP contribution in [0.15, 0.2) is 110 Å². The average Bonchev–Trinajstić information content (AvgIpc) is 3.48. The number of rotatable bonds is 9. The zero-order valence-electron chi connectivity index (χ0n) is 26.7. The van der Waals surface area contributed by atoms with Crippen LogP contribution in [0.5, 0.6) is 23.0 Å². The normalized spacial score (nSPS) is 11.1. The minimum absolute atomic E-state index is 0. The molecule has 0 radical (unpaired) electrons. The number of hydrogen-bond acceptors (Lipinski definition) is 7. The van der Waals surface area contributed by atoms with E-state index in [1.54, 1.807) is 77.6 Å². The van der Waals surface area contributed by atoms with Crippen LogP contribution in [-0.2, 0) is 41.5 Å². The van der Waals surface area contributed by atoms with E-state index in [1.807, 2.05) is 0 Å². The fourth-order valence-electron chi connectivity index (χ4n) is 5.54. The fourth-order valence-corrected chi connectivity index (χ4v) is 5.54. The molecule has 4 aromatic carbocycles. The van der Waals surface area contributed by atoms with Gasteiger partial charge in [0.2, 0.25) is 18.8 Å². The maximum atomic E-state index is 13.9. The van der Waals surface area contributed by atoms with Crippen molar-refractivity contribution in [3.63, 3.8) is 0 Å². The maximum Gasteiger partial charge on any atom is 2.00 e. The van der Waals surface area contributed by atoms with Gasteiger partial charge in [0.1, 0.15) is 12.7 Å². The number of halogens is 4. The van der Waals surface area contributed by atoms with E-state index in [0.717, 1.165) is 0 Å². The second kappa shape index (κ2) is 16.1. The van der Waals surface area contributed by atoms with Crippen molar-refractivity contribution in [3.8, 4) is 51.5 Å². The fraction of sp³-hybridized carbons (Fsp3) is 0.0513. The molecule has 0 atom stereocenters. The Morgan fingerprint density at radius 3 is 1.43 bits per heavy atom. The summed E-state index contributed by atoms with van der Waals surface area (Å²) in [5.74, 6) is 0.710. The molecule has 4 aromatic heterocycles. The first kappa shape index (κ1) is 37.4. The number of nitrogens with zero attached hydrogens (tertiary/aromatic N) is 6. The summed E-state index contributed by atoms with van der Waals surface area (Å²) in [4.78, 5) is 21.1. The van der Waals surface area contributed by atoms with Gasteiger partial charge < -0.3 is 24.0 Å². The Labute approximate surface area is 327 Å². The SMILES string of the molecule is FC(F)c1cc(Oc2[c-]c3c(cc2)c2ccc(Oc4[c-]c(-c5ccccn5)cc(C(F)F)c4)[c-]c2n3-c2ncncn2)[c-]c(-c2ccccn2)c1.[Pd+2].[Pt+2]. The summed E-state index contributed by atoms with van der Waals surface area (Å²) in [6, 6.07) is 34.8. The van der Waals surface area contributed by atoms with Gasteiger partial charge in [-0.1, -0.05) is 70.7 Å². The van der Waals surface area contributed by atoms with E-state index in [2.05, 4.69) is 49.2 Å². The molecular formula is C39H20F4N6O2PdPt. The molecule has 8 rings (SSSR count). The molecule has 0 spiro atoms. The molecule has 0 N–H and O–H groups in total. The zero-order valence-corrected chi connectivity index (χ0v) is 30.5. The first-order valence-corrected chi connectivity index (χ1v) is 15.3. The van der Waals surface area contributed by atoms with Crippen molar-refractivity contribution < 1.29 is 68.5 Å². The van der Waals surface area contributed by atoms with E-state index in [1.165, 1.54) is 36.9 Å². The summed E-state index contributed by atoms with van der Waals surface area (Å²) in [5, 5.41) is 1.42. The van der Waals surface area contributed by atoms with Gasteiger partial charge in [-0.05, 0) is 23.5 Å². The van der Waals surface area contributed by atoms with E-state index < -0.39 is 12.9 Å². The van der Waals surface area contributed by atoms with Crippen LogP contribution >= 0.6 is 0 Å². The van der Waals surface area contributed by atoms with Gasteiger partial charge in [-0.25, -0.2) is 32.5 Å². The Balaban J connectivity index is 0.00000240. The predicted molar refractivity (Wildman–Crippen MR) is 179 cm³/mol. The van der Waals surface area contributed by atoms with Gasteiger partial charge in [0.25, 0.3) is 0 Å². The Morgan fingerprint density at radius 2 is 1.02 bits per heavy atom. The van der Waals surface area contributed by atoms with Gasteiger partial charge in [-0.15, -0.1) is 47.5 Å². The van der Waals surface area contributed by atoms with Gasteiger partial charge in [-0.2, -0.15) is 22.9 Å². The van der Waals surface area contributed by atoms with E-state index in [9.17, 15) is 17.6 Å². The van der Waals surface area contributed by atoms with Crippen LogP contribution in [0, 0.1) is 24.3 Å². The Kier molecular flexibility index (Phi) is 11.4. The minimum atomic E-state index is -2.76. The van der Waals surface area contributed by atoms with Gasteiger partial charge in [0.05, 0.1) is 0 Å². The van der Waals surface area contributed by atoms with E-state index >= 15 is 0 Å². The van der Waals surface area contributed by atoms with Crippen molar-refractivity contribution in [1.82, 2.24) is 29.5 Å². The van der Waals surface area contributed by atoms with Crippen LogP contribution in [0.2, 0.25) is 0 Å². The third-order valence-corrected chi connectivity index (χ3v) is 7.77. The molecule has 0 saturated heterocycles. The van der Waals surface area contributed by atoms with Crippen LogP contribution in [0.1, 0.15) is 24.0 Å². The number of hydrogen-bond donors (Lipinski definition) is 0. The molecule has 4 heterocycles. The largest absolute Gasteiger partial charge is 2.00 e. The van der Waals surface area contributed by atoms with Gasteiger partial charge in [-0.3, -0.25) is 0 Å². The number of pyridine rings is 2. The monoisotopic (exact) mass is 981 g/mol. The summed E-state index contributed by atoms with van der Waals surface area (Å²) < 4.78 is 69.4. The summed E-state index contributed by atoms with van der Waals surface area (Å²) in [6.07, 6.45) is 0.263. The molecule has 0 saturated carbocycles. The first-order valence-electron chi connectivity index (χ1n) is 15.3. The van der Waals surface area contributed by atoms with E-state index in [0.29, 0.717) is 44.3 Å². The van der Waals surface area contributed by atoms with Crippen LogP contribution in [-0.4, -0.2) is 29.5 Å². The molecule has 8 aromatic rings. The molecule has 14 heteroatoms. The van der Waals surface area contributed by atoms with Crippen molar-refractivity contribution in [2.45, 2.75) is 12.9 Å². The summed E-state index contributed by atoms with van der Waals surface area (Å²) >= 11 is 0. The van der Waals surface area contributed by atoms with E-state index in [-0.39, 0.29) is 81.6 Å². The summed E-state index contributed by atoms with van der Waals surface area (Å²) in [5.41, 5.74) is 2.04. The molecule has 8 nitrogen and oxygen atoms in total. The Hall–Kier alpha value is -5.34. The van der Waals surface area contributed by atoms with Gasteiger partial charge in [0.15, 0.2) is 0 Å². The molecule has 0 aliphatic carbocycles. The number of alkyl halides is 4. The smallest absolute Gasteiger partial charge is 0.503 e. The van der Waals surface area contributed by atoms with Crippen molar-refractivity contribution in [1.29, 1.82) is 0 Å². The van der Waals surface area contributed by atoms with Crippen LogP contribution < -0.4 is 9.47 Å². The van der Waals surface area contributed by atoms with Crippen molar-refractivity contribution in [3.05, 3.63) is 145 Å². The van der Waals surface area contributed by atoms with Gasteiger partial charge in [0, 0.05) is 35.4 Å². The maximum absolute atomic E-state index is 13.9. The standard InChI is InChI=1S/C39H20F4N6O2.Pd.Pt/c40-37(41)25-13-23(33-5-1-3-11-45-33)15-29(17-25)50-27-7-9-31-32-10-8-28(20-36(32)49(35(31)19-27)39-47-21-44-22-48-39)51-30-16-24(14-26(18-30)38(42)43)34-6-2-4-12-46-34;;/h1-14,17-18,21-22,37-38H;;/q-4;2*+2. The number of fused-ring (bicyclic) bond motifs is 3. The number of benzene rings is 4. The predicted octanol–water partition coefficient (Wildman–Crippen LogP) is 9.75. The molecular weight excluding hydrogens is 962 g/mol. The Morgan fingerprint density at radius 1 is 0.547 bits per heavy atom. The Bertz CT molecular complexity index is 2360. The van der Waals surface area contributed by atoms with Crippen LogP contribution in [0.3, 0.4) is 0 Å². The first-order chi connectivity index (χ1) is 24.9. The average molecular weight is 982 g/mol. The number of aromatic nitrogens is 6. The molecule has 0 fully saturated rings. The molecule has 0 amide bonds. The zero-order chi connectivity index (χ0) is 34.9. The van der Waals surface area contributed by atoms with Crippen molar-refractivity contribution in [2.24, 2.45) is 0 Å². The molecule has 0 unspecified atom stereocenters. The molecule has 0 aliphatic rings. The summed E-state index contributed by atoms with van der Waals surface area (Å²) in [6.45, 7) is 0. The second-order valence-corrected chi connectivity index (χ2v) is 11.1. The molecule has 0 bridgehead atoms. The number of ether oxygens (including phenoxy) is 2. The van der Waals surface area contributed by atoms with Crippen molar-refractivity contribution >= 4 is 21.8 Å². The van der Waals surface area contributed by atoms with Crippen molar-refractivity contribution in [2.75, 3.05) is 0 Å². The third-order valence-electron chi connectivity index (χ3n) is 7.77. The van der Waals surface area contributed by atoms with Gasteiger partial charge >= 0.3 is 41.5 Å². The van der Waals surface area contributed by atoms with E-state index in [4.69, 9.17) is 9.47 Å². The molecule has 0 aliphatic heterocycles. The molecule has 53 heavy (non-hydrogen) atoms. The van der Waals surface area contributed by atoms with Crippen LogP contribution in [0.25, 0.3) is 50.3 Å². The van der Waals surface area contributed by atoms with Crippen LogP contribution in [0.4, 0.5) is 17.6 Å². The third kappa shape index (κ3) is 7.88. The summed E-state index contributed by atoms with van der Waals surface area (Å²) in [7, 11) is 0.